The van der Waals surface area contributed by atoms with Gasteiger partial charge in [0.2, 0.25) is 0 Å². The second-order valence-corrected chi connectivity index (χ2v) is 7.00. The van der Waals surface area contributed by atoms with Crippen LogP contribution in [0.15, 0.2) is 59.2 Å². The topological polar surface area (TPSA) is 55.9 Å². The molecule has 5 nitrogen and oxygen atoms in total. The van der Waals surface area contributed by atoms with Gasteiger partial charge in [0.1, 0.15) is 5.75 Å². The van der Waals surface area contributed by atoms with Crippen LogP contribution in [0.4, 0.5) is 0 Å². The lowest BCUT2D eigenvalue weighted by Gasteiger charge is -2.23. The van der Waals surface area contributed by atoms with Crippen molar-refractivity contribution in [1.29, 1.82) is 0 Å². The number of fused-ring (bicyclic) bond motifs is 1. The molecule has 2 heterocycles. The molecule has 0 radical (unpaired) electrons. The minimum atomic E-state index is -0.0657. The van der Waals surface area contributed by atoms with E-state index in [-0.39, 0.29) is 11.9 Å². The number of furan rings is 1. The summed E-state index contributed by atoms with van der Waals surface area (Å²) in [5.41, 5.74) is 0.668. The highest BCUT2D eigenvalue weighted by Crippen LogP contribution is 2.28. The van der Waals surface area contributed by atoms with Crippen molar-refractivity contribution in [3.8, 4) is 5.75 Å². The molecule has 4 rings (SSSR count). The summed E-state index contributed by atoms with van der Waals surface area (Å²) in [6.07, 6.45) is 4.16. The maximum absolute atomic E-state index is 13.0. The average molecular weight is 365 g/mol. The minimum Gasteiger partial charge on any atom is -0.496 e. The molecule has 3 aromatic rings. The van der Waals surface area contributed by atoms with Gasteiger partial charge in [-0.05, 0) is 29.7 Å². The normalized spacial score (nSPS) is 15.7. The smallest absolute Gasteiger partial charge is 0.252 e. The molecule has 1 saturated heterocycles. The Morgan fingerprint density at radius 2 is 1.89 bits per heavy atom. The number of nitrogens with one attached hydrogen (secondary N) is 2. The second-order valence-electron chi connectivity index (χ2n) is 7.00. The number of ether oxygens (including phenoxy) is 1. The van der Waals surface area contributed by atoms with Crippen LogP contribution in [0, 0.1) is 0 Å². The van der Waals surface area contributed by atoms with Crippen molar-refractivity contribution in [1.82, 2.24) is 5.32 Å². The highest BCUT2D eigenvalue weighted by molar-refractivity contribution is 6.08. The van der Waals surface area contributed by atoms with Crippen molar-refractivity contribution in [2.45, 2.75) is 18.9 Å². The van der Waals surface area contributed by atoms with Gasteiger partial charge in [0.15, 0.2) is 11.8 Å². The Kier molecular flexibility index (Phi) is 5.12. The number of hydrogen-bond donors (Lipinski definition) is 2. The van der Waals surface area contributed by atoms with Crippen LogP contribution in [0.3, 0.4) is 0 Å². The van der Waals surface area contributed by atoms with Gasteiger partial charge < -0.3 is 19.4 Å². The van der Waals surface area contributed by atoms with Crippen molar-refractivity contribution < 1.29 is 18.8 Å². The molecule has 0 aliphatic carbocycles. The van der Waals surface area contributed by atoms with Crippen molar-refractivity contribution in [2.24, 2.45) is 0 Å². The molecule has 5 heteroatoms. The van der Waals surface area contributed by atoms with Crippen LogP contribution in [0.5, 0.6) is 5.75 Å². The Balaban J connectivity index is 1.56. The zero-order valence-electron chi connectivity index (χ0n) is 15.5. The molecule has 1 aliphatic rings. The van der Waals surface area contributed by atoms with Gasteiger partial charge in [0.25, 0.3) is 5.91 Å². The third kappa shape index (κ3) is 3.55. The van der Waals surface area contributed by atoms with Crippen LogP contribution in [-0.4, -0.2) is 32.7 Å². The van der Waals surface area contributed by atoms with Gasteiger partial charge in [0, 0.05) is 23.8 Å². The lowest BCUT2D eigenvalue weighted by molar-refractivity contribution is -0.919. The van der Waals surface area contributed by atoms with Crippen LogP contribution >= 0.6 is 0 Å². The Bertz CT molecular complexity index is 914. The van der Waals surface area contributed by atoms with Crippen LogP contribution in [-0.2, 0) is 0 Å². The average Bonchev–Trinajstić information content (AvgIpc) is 3.42. The van der Waals surface area contributed by atoms with E-state index in [0.29, 0.717) is 12.1 Å². The van der Waals surface area contributed by atoms with E-state index in [1.165, 1.54) is 17.7 Å². The zero-order valence-corrected chi connectivity index (χ0v) is 15.5. The number of quaternary nitrogens is 1. The zero-order chi connectivity index (χ0) is 18.6. The number of carbonyl (C=O) groups excluding carboxylic acids is 1. The number of amides is 1. The molecule has 1 fully saturated rings. The minimum absolute atomic E-state index is 0.0657. The van der Waals surface area contributed by atoms with Gasteiger partial charge in [-0.2, -0.15) is 0 Å². The largest absolute Gasteiger partial charge is 0.496 e. The molecule has 1 atom stereocenters. The molecule has 1 aliphatic heterocycles. The molecule has 27 heavy (non-hydrogen) atoms. The fraction of sp³-hybridized carbons (Fsp3) is 0.318. The molecule has 1 aromatic heterocycles. The Morgan fingerprint density at radius 3 is 2.59 bits per heavy atom. The van der Waals surface area contributed by atoms with Gasteiger partial charge in [-0.1, -0.05) is 24.3 Å². The summed E-state index contributed by atoms with van der Waals surface area (Å²) in [5.74, 6) is 1.65. The Labute approximate surface area is 158 Å². The standard InChI is InChI=1S/C22H24N2O3/c1-26-20-11-10-18(16-7-2-3-8-17(16)20)22(25)23-15-19(21-9-6-14-27-21)24-12-4-5-13-24/h2-3,6-11,14,19H,4-5,12-13,15H2,1H3,(H,23,25)/p+1/t19-/m0/s1. The van der Waals surface area contributed by atoms with Crippen molar-refractivity contribution >= 4 is 16.7 Å². The molecule has 0 bridgehead atoms. The van der Waals surface area contributed by atoms with Gasteiger partial charge in [-0.15, -0.1) is 0 Å². The predicted molar refractivity (Wildman–Crippen MR) is 104 cm³/mol. The highest BCUT2D eigenvalue weighted by Gasteiger charge is 2.30. The van der Waals surface area contributed by atoms with Gasteiger partial charge in [-0.3, -0.25) is 4.79 Å². The number of hydrogen-bond acceptors (Lipinski definition) is 3. The molecule has 0 spiro atoms. The van der Waals surface area contributed by atoms with E-state index in [4.69, 9.17) is 9.15 Å². The maximum Gasteiger partial charge on any atom is 0.252 e. The monoisotopic (exact) mass is 365 g/mol. The van der Waals surface area contributed by atoms with Gasteiger partial charge in [0.05, 0.1) is 33.0 Å². The van der Waals surface area contributed by atoms with E-state index in [9.17, 15) is 4.79 Å². The summed E-state index contributed by atoms with van der Waals surface area (Å²) >= 11 is 0. The molecule has 2 N–H and O–H groups in total. The first-order valence-electron chi connectivity index (χ1n) is 9.50. The van der Waals surface area contributed by atoms with E-state index < -0.39 is 0 Å². The van der Waals surface area contributed by atoms with Gasteiger partial charge in [-0.25, -0.2) is 0 Å². The molecular formula is C22H25N2O3+. The van der Waals surface area contributed by atoms with Crippen LogP contribution in [0.25, 0.3) is 10.8 Å². The van der Waals surface area contributed by atoms with E-state index in [1.54, 1.807) is 13.4 Å². The first-order chi connectivity index (χ1) is 13.3. The molecule has 2 aromatic carbocycles. The number of methoxy groups -OCH3 is 1. The Hall–Kier alpha value is -2.79. The van der Waals surface area contributed by atoms with E-state index >= 15 is 0 Å². The van der Waals surface area contributed by atoms with Crippen molar-refractivity contribution in [3.05, 3.63) is 66.1 Å². The molecule has 0 saturated carbocycles. The molecule has 140 valence electrons. The number of carbonyl (C=O) groups is 1. The lowest BCUT2D eigenvalue weighted by atomic mass is 10.0. The predicted octanol–water partition coefficient (Wildman–Crippen LogP) is 2.59. The quantitative estimate of drug-likeness (QED) is 0.706. The molecular weight excluding hydrogens is 340 g/mol. The van der Waals surface area contributed by atoms with E-state index in [0.717, 1.165) is 35.4 Å². The SMILES string of the molecule is COc1ccc(C(=O)NC[C@@H](c2ccco2)[NH+]2CCCC2)c2ccccc12. The Morgan fingerprint density at radius 1 is 1.11 bits per heavy atom. The summed E-state index contributed by atoms with van der Waals surface area (Å²) in [6, 6.07) is 15.6. The number of benzene rings is 2. The third-order valence-corrected chi connectivity index (χ3v) is 5.44. The van der Waals surface area contributed by atoms with E-state index in [1.807, 2.05) is 48.5 Å². The fourth-order valence-corrected chi connectivity index (χ4v) is 4.05. The first kappa shape index (κ1) is 17.6. The third-order valence-electron chi connectivity index (χ3n) is 5.44. The first-order valence-corrected chi connectivity index (χ1v) is 9.50. The fourth-order valence-electron chi connectivity index (χ4n) is 4.05. The molecule has 0 unspecified atom stereocenters. The van der Waals surface area contributed by atoms with Crippen LogP contribution in [0.2, 0.25) is 0 Å². The summed E-state index contributed by atoms with van der Waals surface area (Å²) < 4.78 is 11.1. The van der Waals surface area contributed by atoms with Crippen molar-refractivity contribution in [3.63, 3.8) is 0 Å². The van der Waals surface area contributed by atoms with E-state index in [2.05, 4.69) is 5.32 Å². The summed E-state index contributed by atoms with van der Waals surface area (Å²) in [7, 11) is 1.65. The van der Waals surface area contributed by atoms with Crippen LogP contribution < -0.4 is 15.0 Å². The summed E-state index contributed by atoms with van der Waals surface area (Å²) in [4.78, 5) is 14.4. The van der Waals surface area contributed by atoms with Gasteiger partial charge >= 0.3 is 0 Å². The maximum atomic E-state index is 13.0. The number of likely N-dealkylation sites (tertiary alicyclic amines) is 1. The summed E-state index contributed by atoms with van der Waals surface area (Å²) in [5, 5.41) is 4.98. The highest BCUT2D eigenvalue weighted by atomic mass is 16.5. The van der Waals surface area contributed by atoms with Crippen LogP contribution in [0.1, 0.15) is 35.0 Å². The number of rotatable bonds is 6. The molecule has 1 amide bonds. The lowest BCUT2D eigenvalue weighted by Crippen LogP contribution is -3.11. The second kappa shape index (κ2) is 7.84. The van der Waals surface area contributed by atoms with Crippen molar-refractivity contribution in [2.75, 3.05) is 26.7 Å². The summed E-state index contributed by atoms with van der Waals surface area (Å²) in [6.45, 7) is 2.79.